The number of hydrogen-bond donors (Lipinski definition) is 3. The van der Waals surface area contributed by atoms with Crippen LogP contribution in [-0.2, 0) is 14.1 Å². The zero-order valence-corrected chi connectivity index (χ0v) is 18.6. The van der Waals surface area contributed by atoms with Gasteiger partial charge in [0.15, 0.2) is 5.82 Å². The van der Waals surface area contributed by atoms with Gasteiger partial charge >= 0.3 is 0 Å². The average Bonchev–Trinajstić information content (AvgIpc) is 3.29. The number of benzene rings is 1. The fraction of sp³-hybridized carbons (Fsp3) is 0.545. The van der Waals surface area contributed by atoms with Crippen molar-refractivity contribution >= 4 is 22.5 Å². The number of aromatic nitrogens is 4. The summed E-state index contributed by atoms with van der Waals surface area (Å²) >= 11 is 0. The topological polar surface area (TPSA) is 98.4 Å². The number of aliphatic hydroxyl groups excluding tert-OH is 1. The molecule has 0 radical (unpaired) electrons. The van der Waals surface area contributed by atoms with Gasteiger partial charge in [0.25, 0.3) is 0 Å². The fourth-order valence-electron chi connectivity index (χ4n) is 4.12. The summed E-state index contributed by atoms with van der Waals surface area (Å²) in [6.07, 6.45) is 5.73. The lowest BCUT2D eigenvalue weighted by atomic mass is 9.93. The molecule has 9 heteroatoms. The van der Waals surface area contributed by atoms with Crippen LogP contribution < -0.4 is 20.1 Å². The molecule has 0 aliphatic heterocycles. The van der Waals surface area contributed by atoms with Gasteiger partial charge < -0.3 is 29.8 Å². The summed E-state index contributed by atoms with van der Waals surface area (Å²) in [4.78, 5) is 4.55. The van der Waals surface area contributed by atoms with Crippen LogP contribution in [0.5, 0.6) is 11.6 Å². The molecule has 0 saturated heterocycles. The van der Waals surface area contributed by atoms with Crippen LogP contribution in [0.25, 0.3) is 11.0 Å². The Balaban J connectivity index is 1.49. The lowest BCUT2D eigenvalue weighted by molar-refractivity contribution is 0.131. The molecule has 0 bridgehead atoms. The van der Waals surface area contributed by atoms with Crippen molar-refractivity contribution in [2.24, 2.45) is 14.1 Å². The van der Waals surface area contributed by atoms with E-state index in [4.69, 9.17) is 9.47 Å². The zero-order chi connectivity index (χ0) is 22.0. The molecule has 3 aromatic rings. The molecule has 1 atom stereocenters. The normalized spacial score (nSPS) is 20.0. The van der Waals surface area contributed by atoms with E-state index in [1.165, 1.54) is 0 Å². The summed E-state index contributed by atoms with van der Waals surface area (Å²) in [5.41, 5.74) is 2.71. The van der Waals surface area contributed by atoms with E-state index in [1.807, 2.05) is 43.8 Å². The Morgan fingerprint density at radius 2 is 1.97 bits per heavy atom. The highest BCUT2D eigenvalue weighted by molar-refractivity contribution is 5.91. The number of aliphatic hydroxyl groups is 1. The molecule has 1 aliphatic carbocycles. The summed E-state index contributed by atoms with van der Waals surface area (Å²) in [6, 6.07) is 6.34. The smallest absolute Gasteiger partial charge is 0.213 e. The van der Waals surface area contributed by atoms with Gasteiger partial charge in [-0.3, -0.25) is 0 Å². The van der Waals surface area contributed by atoms with Crippen molar-refractivity contribution in [1.29, 1.82) is 0 Å². The molecule has 2 aromatic heterocycles. The molecule has 31 heavy (non-hydrogen) atoms. The van der Waals surface area contributed by atoms with E-state index < -0.39 is 0 Å². The first-order valence-electron chi connectivity index (χ1n) is 10.8. The predicted molar refractivity (Wildman–Crippen MR) is 120 cm³/mol. The van der Waals surface area contributed by atoms with Crippen molar-refractivity contribution in [3.05, 3.63) is 24.5 Å². The number of anilines is 2. The van der Waals surface area contributed by atoms with Crippen LogP contribution in [0.3, 0.4) is 0 Å². The van der Waals surface area contributed by atoms with E-state index in [0.717, 1.165) is 48.2 Å². The quantitative estimate of drug-likeness (QED) is 0.507. The van der Waals surface area contributed by atoms with Crippen LogP contribution in [0, 0.1) is 0 Å². The number of nitrogens with one attached hydrogen (secondary N) is 2. The predicted octanol–water partition coefficient (Wildman–Crippen LogP) is 2.72. The summed E-state index contributed by atoms with van der Waals surface area (Å²) < 4.78 is 15.4. The van der Waals surface area contributed by atoms with E-state index in [2.05, 4.69) is 20.7 Å². The summed E-state index contributed by atoms with van der Waals surface area (Å²) in [5.74, 6) is 2.18. The Kier molecular flexibility index (Phi) is 6.33. The van der Waals surface area contributed by atoms with E-state index in [9.17, 15) is 5.11 Å². The third kappa shape index (κ3) is 4.94. The second kappa shape index (κ2) is 9.15. The number of rotatable bonds is 8. The summed E-state index contributed by atoms with van der Waals surface area (Å²) in [5, 5.41) is 20.7. The Morgan fingerprint density at radius 3 is 2.65 bits per heavy atom. The van der Waals surface area contributed by atoms with Crippen molar-refractivity contribution in [2.75, 3.05) is 19.0 Å². The lowest BCUT2D eigenvalue weighted by Gasteiger charge is -2.30. The minimum atomic E-state index is -0.315. The highest BCUT2D eigenvalue weighted by atomic mass is 16.5. The van der Waals surface area contributed by atoms with E-state index in [0.29, 0.717) is 24.3 Å². The highest BCUT2D eigenvalue weighted by Gasteiger charge is 2.23. The molecule has 0 amide bonds. The highest BCUT2D eigenvalue weighted by Crippen LogP contribution is 2.33. The van der Waals surface area contributed by atoms with Crippen LogP contribution in [0.4, 0.5) is 11.5 Å². The standard InChI is InChI=1S/C22H32N6O3/c1-14(29)12-23-15-5-7-16(8-6-15)31-17-9-18(22-19(10-17)27(2)13-24-22)25-20-11-21(30-4)28(3)26-20/h9-11,13-16,23,29H,5-8,12H2,1-4H3,(H,25,26)/t14-,15?,16?/m0/s1. The molecule has 1 aromatic carbocycles. The van der Waals surface area contributed by atoms with Gasteiger partial charge in [-0.2, -0.15) is 5.10 Å². The molecular weight excluding hydrogens is 396 g/mol. The van der Waals surface area contributed by atoms with Gasteiger partial charge in [0.1, 0.15) is 11.3 Å². The van der Waals surface area contributed by atoms with E-state index in [-0.39, 0.29) is 12.2 Å². The van der Waals surface area contributed by atoms with E-state index >= 15 is 0 Å². The zero-order valence-electron chi connectivity index (χ0n) is 18.6. The first-order valence-corrected chi connectivity index (χ1v) is 10.8. The Morgan fingerprint density at radius 1 is 1.19 bits per heavy atom. The van der Waals surface area contributed by atoms with Crippen molar-refractivity contribution in [3.8, 4) is 11.6 Å². The van der Waals surface area contributed by atoms with Crippen molar-refractivity contribution < 1.29 is 14.6 Å². The maximum Gasteiger partial charge on any atom is 0.213 e. The average molecular weight is 429 g/mol. The first-order chi connectivity index (χ1) is 14.9. The number of imidazole rings is 1. The number of hydrogen-bond acceptors (Lipinski definition) is 7. The number of nitrogens with zero attached hydrogens (tertiary/aromatic N) is 4. The minimum absolute atomic E-state index is 0.179. The number of ether oxygens (including phenoxy) is 2. The van der Waals surface area contributed by atoms with E-state index in [1.54, 1.807) is 18.1 Å². The molecule has 9 nitrogen and oxygen atoms in total. The maximum atomic E-state index is 9.47. The van der Waals surface area contributed by atoms with Crippen LogP contribution in [0.1, 0.15) is 32.6 Å². The van der Waals surface area contributed by atoms with Gasteiger partial charge in [-0.15, -0.1) is 0 Å². The van der Waals surface area contributed by atoms with Gasteiger partial charge in [-0.05, 0) is 32.6 Å². The number of aryl methyl sites for hydroxylation is 2. The van der Waals surface area contributed by atoms with Crippen LogP contribution in [-0.4, -0.2) is 56.3 Å². The SMILES string of the molecule is COc1cc(Nc2cc(OC3CCC(NC[C@H](C)O)CC3)cc3c2ncn3C)nn1C. The van der Waals surface area contributed by atoms with Gasteiger partial charge in [-0.25, -0.2) is 9.67 Å². The molecule has 1 aliphatic rings. The van der Waals surface area contributed by atoms with Gasteiger partial charge in [-0.1, -0.05) is 0 Å². The maximum absolute atomic E-state index is 9.47. The molecule has 0 unspecified atom stereocenters. The fourth-order valence-corrected chi connectivity index (χ4v) is 4.12. The van der Waals surface area contributed by atoms with Crippen LogP contribution in [0.15, 0.2) is 24.5 Å². The monoisotopic (exact) mass is 428 g/mol. The van der Waals surface area contributed by atoms with Crippen molar-refractivity contribution in [2.45, 2.75) is 50.9 Å². The number of methoxy groups -OCH3 is 1. The molecule has 1 fully saturated rings. The molecule has 4 rings (SSSR count). The second-order valence-corrected chi connectivity index (χ2v) is 8.36. The van der Waals surface area contributed by atoms with Gasteiger partial charge in [0, 0.05) is 44.9 Å². The molecular formula is C22H32N6O3. The second-order valence-electron chi connectivity index (χ2n) is 8.36. The Bertz CT molecular complexity index is 1020. The first kappa shape index (κ1) is 21.5. The van der Waals surface area contributed by atoms with Crippen LogP contribution >= 0.6 is 0 Å². The largest absolute Gasteiger partial charge is 0.490 e. The Hall–Kier alpha value is -2.78. The molecule has 0 spiro atoms. The lowest BCUT2D eigenvalue weighted by Crippen LogP contribution is -2.39. The summed E-state index contributed by atoms with van der Waals surface area (Å²) in [6.45, 7) is 2.45. The molecule has 3 N–H and O–H groups in total. The van der Waals surface area contributed by atoms with Crippen molar-refractivity contribution in [1.82, 2.24) is 24.6 Å². The third-order valence-electron chi connectivity index (χ3n) is 5.79. The molecule has 1 saturated carbocycles. The van der Waals surface area contributed by atoms with Gasteiger partial charge in [0.05, 0.1) is 36.8 Å². The summed E-state index contributed by atoms with van der Waals surface area (Å²) in [7, 11) is 5.44. The minimum Gasteiger partial charge on any atom is -0.490 e. The van der Waals surface area contributed by atoms with Crippen LogP contribution in [0.2, 0.25) is 0 Å². The van der Waals surface area contributed by atoms with Gasteiger partial charge in [0.2, 0.25) is 5.88 Å². The Labute approximate surface area is 182 Å². The van der Waals surface area contributed by atoms with Crippen molar-refractivity contribution in [3.63, 3.8) is 0 Å². The third-order valence-corrected chi connectivity index (χ3v) is 5.79. The molecule has 168 valence electrons. The number of fused-ring (bicyclic) bond motifs is 1. The molecule has 2 heterocycles.